The molecule has 0 radical (unpaired) electrons. The molecule has 23 heavy (non-hydrogen) atoms. The van der Waals surface area contributed by atoms with E-state index in [1.165, 1.54) is 0 Å². The summed E-state index contributed by atoms with van der Waals surface area (Å²) in [6, 6.07) is 13.0. The summed E-state index contributed by atoms with van der Waals surface area (Å²) in [4.78, 5) is 16.6. The summed E-state index contributed by atoms with van der Waals surface area (Å²) >= 11 is 3.49. The smallest absolute Gasteiger partial charge is 0.362 e. The van der Waals surface area contributed by atoms with E-state index in [0.717, 1.165) is 21.2 Å². The number of halogens is 1. The van der Waals surface area contributed by atoms with Crippen LogP contribution in [0.1, 0.15) is 22.9 Å². The Morgan fingerprint density at radius 3 is 2.43 bits per heavy atom. The van der Waals surface area contributed by atoms with Crippen molar-refractivity contribution in [3.63, 3.8) is 0 Å². The molecule has 0 aromatic heterocycles. The third-order valence-electron chi connectivity index (χ3n) is 3.23. The molecule has 0 aliphatic carbocycles. The fourth-order valence-corrected chi connectivity index (χ4v) is 2.25. The van der Waals surface area contributed by atoms with Gasteiger partial charge in [0.05, 0.1) is 0 Å². The molecule has 0 amide bonds. The van der Waals surface area contributed by atoms with E-state index in [1.807, 2.05) is 56.3 Å². The SMILES string of the molecule is Cc1cc(OCC(=O)ONC(N)c2ccccc2)cc(C)c1Br. The van der Waals surface area contributed by atoms with Crippen molar-refractivity contribution < 1.29 is 14.4 Å². The molecular weight excluding hydrogens is 360 g/mol. The first-order valence-electron chi connectivity index (χ1n) is 7.12. The Morgan fingerprint density at radius 2 is 1.83 bits per heavy atom. The van der Waals surface area contributed by atoms with Crippen LogP contribution in [0.15, 0.2) is 46.9 Å². The second-order valence-electron chi connectivity index (χ2n) is 5.14. The monoisotopic (exact) mass is 378 g/mol. The van der Waals surface area contributed by atoms with Gasteiger partial charge in [0.1, 0.15) is 11.9 Å². The van der Waals surface area contributed by atoms with Gasteiger partial charge >= 0.3 is 5.97 Å². The summed E-state index contributed by atoms with van der Waals surface area (Å²) in [5, 5.41) is 0. The topological polar surface area (TPSA) is 73.6 Å². The maximum atomic E-state index is 11.7. The van der Waals surface area contributed by atoms with E-state index in [9.17, 15) is 4.79 Å². The lowest BCUT2D eigenvalue weighted by Crippen LogP contribution is -2.32. The van der Waals surface area contributed by atoms with Crippen LogP contribution in [0.4, 0.5) is 0 Å². The van der Waals surface area contributed by atoms with E-state index < -0.39 is 12.1 Å². The van der Waals surface area contributed by atoms with Crippen LogP contribution < -0.4 is 16.0 Å². The predicted molar refractivity (Wildman–Crippen MR) is 91.7 cm³/mol. The summed E-state index contributed by atoms with van der Waals surface area (Å²) in [5.41, 5.74) is 11.3. The average Bonchev–Trinajstić information content (AvgIpc) is 2.56. The molecular formula is C17H19BrN2O3. The molecule has 122 valence electrons. The van der Waals surface area contributed by atoms with Crippen LogP contribution in [-0.4, -0.2) is 12.6 Å². The van der Waals surface area contributed by atoms with Gasteiger partial charge < -0.3 is 15.3 Å². The fraction of sp³-hybridized carbons (Fsp3) is 0.235. The molecule has 2 aromatic rings. The van der Waals surface area contributed by atoms with E-state index in [1.54, 1.807) is 0 Å². The van der Waals surface area contributed by atoms with Crippen molar-refractivity contribution in [2.45, 2.75) is 20.0 Å². The standard InChI is InChI=1S/C17H19BrN2O3/c1-11-8-14(9-12(2)16(11)18)22-10-15(21)23-20-17(19)13-6-4-3-5-7-13/h3-9,17,20H,10,19H2,1-2H3. The molecule has 0 heterocycles. The molecule has 2 rings (SSSR count). The maximum Gasteiger partial charge on any atom is 0.362 e. The van der Waals surface area contributed by atoms with Gasteiger partial charge in [-0.25, -0.2) is 4.79 Å². The Kier molecular flexibility index (Phi) is 6.15. The summed E-state index contributed by atoms with van der Waals surface area (Å²) in [6.07, 6.45) is -0.586. The number of nitrogens with one attached hydrogen (secondary N) is 1. The number of carbonyl (C=O) groups excluding carboxylic acids is 1. The Morgan fingerprint density at radius 1 is 1.22 bits per heavy atom. The van der Waals surface area contributed by atoms with Crippen LogP contribution in [0, 0.1) is 13.8 Å². The number of rotatable bonds is 6. The first-order valence-corrected chi connectivity index (χ1v) is 7.92. The zero-order chi connectivity index (χ0) is 16.8. The van der Waals surface area contributed by atoms with E-state index in [2.05, 4.69) is 21.4 Å². The van der Waals surface area contributed by atoms with Gasteiger partial charge in [-0.15, -0.1) is 5.48 Å². The Balaban J connectivity index is 1.81. The van der Waals surface area contributed by atoms with Crippen LogP contribution in [0.5, 0.6) is 5.75 Å². The first kappa shape index (κ1) is 17.5. The summed E-state index contributed by atoms with van der Waals surface area (Å²) in [5.74, 6) is 0.0714. The van der Waals surface area contributed by atoms with Crippen LogP contribution in [0.3, 0.4) is 0 Å². The van der Waals surface area contributed by atoms with Crippen molar-refractivity contribution in [3.8, 4) is 5.75 Å². The van der Waals surface area contributed by atoms with E-state index in [-0.39, 0.29) is 6.61 Å². The second kappa shape index (κ2) is 8.10. The van der Waals surface area contributed by atoms with Crippen molar-refractivity contribution in [1.29, 1.82) is 0 Å². The lowest BCUT2D eigenvalue weighted by atomic mass is 10.1. The normalized spacial score (nSPS) is 11.8. The third kappa shape index (κ3) is 5.06. The van der Waals surface area contributed by atoms with Crippen molar-refractivity contribution in [2.24, 2.45) is 5.73 Å². The highest BCUT2D eigenvalue weighted by Gasteiger charge is 2.10. The summed E-state index contributed by atoms with van der Waals surface area (Å²) in [6.45, 7) is 3.72. The molecule has 0 saturated heterocycles. The molecule has 0 aliphatic rings. The highest BCUT2D eigenvalue weighted by molar-refractivity contribution is 9.10. The zero-order valence-electron chi connectivity index (χ0n) is 13.0. The number of hydrogen-bond donors (Lipinski definition) is 2. The molecule has 0 bridgehead atoms. The molecule has 2 aromatic carbocycles. The number of nitrogens with two attached hydrogens (primary N) is 1. The Labute approximate surface area is 143 Å². The van der Waals surface area contributed by atoms with Crippen LogP contribution in [0.2, 0.25) is 0 Å². The summed E-state index contributed by atoms with van der Waals surface area (Å²) in [7, 11) is 0. The van der Waals surface area contributed by atoms with Crippen molar-refractivity contribution in [3.05, 3.63) is 63.6 Å². The van der Waals surface area contributed by atoms with Gasteiger partial charge in [-0.2, -0.15) is 0 Å². The lowest BCUT2D eigenvalue weighted by Gasteiger charge is -2.14. The largest absolute Gasteiger partial charge is 0.482 e. The Hall–Kier alpha value is -1.89. The highest BCUT2D eigenvalue weighted by atomic mass is 79.9. The van der Waals surface area contributed by atoms with Gasteiger partial charge in [0.2, 0.25) is 0 Å². The van der Waals surface area contributed by atoms with Gasteiger partial charge in [-0.05, 0) is 42.7 Å². The molecule has 1 atom stereocenters. The third-order valence-corrected chi connectivity index (χ3v) is 4.48. The first-order chi connectivity index (χ1) is 11.0. The molecule has 0 spiro atoms. The number of benzene rings is 2. The molecule has 0 saturated carbocycles. The quantitative estimate of drug-likeness (QED) is 0.596. The highest BCUT2D eigenvalue weighted by Crippen LogP contribution is 2.26. The Bertz CT molecular complexity index is 654. The predicted octanol–water partition coefficient (Wildman–Crippen LogP) is 3.15. The van der Waals surface area contributed by atoms with Crippen molar-refractivity contribution >= 4 is 21.9 Å². The number of aryl methyl sites for hydroxylation is 2. The zero-order valence-corrected chi connectivity index (χ0v) is 14.6. The molecule has 0 fully saturated rings. The summed E-state index contributed by atoms with van der Waals surface area (Å²) < 4.78 is 6.48. The second-order valence-corrected chi connectivity index (χ2v) is 5.93. The molecule has 5 nitrogen and oxygen atoms in total. The molecule has 6 heteroatoms. The van der Waals surface area contributed by atoms with Gasteiger partial charge in [0.25, 0.3) is 0 Å². The van der Waals surface area contributed by atoms with E-state index in [4.69, 9.17) is 15.3 Å². The van der Waals surface area contributed by atoms with Gasteiger partial charge in [0.15, 0.2) is 6.61 Å². The number of ether oxygens (including phenoxy) is 1. The molecule has 0 aliphatic heterocycles. The van der Waals surface area contributed by atoms with Crippen LogP contribution >= 0.6 is 15.9 Å². The number of carbonyl (C=O) groups is 1. The maximum absolute atomic E-state index is 11.7. The molecule has 1 unspecified atom stereocenters. The minimum absolute atomic E-state index is 0.199. The van der Waals surface area contributed by atoms with E-state index >= 15 is 0 Å². The average molecular weight is 379 g/mol. The number of hydroxylamine groups is 1. The lowest BCUT2D eigenvalue weighted by molar-refractivity contribution is -0.155. The van der Waals surface area contributed by atoms with Crippen molar-refractivity contribution in [1.82, 2.24) is 5.48 Å². The fourth-order valence-electron chi connectivity index (χ4n) is 2.02. The van der Waals surface area contributed by atoms with Gasteiger partial charge in [-0.1, -0.05) is 46.3 Å². The van der Waals surface area contributed by atoms with Crippen LogP contribution in [-0.2, 0) is 9.63 Å². The van der Waals surface area contributed by atoms with Gasteiger partial charge in [-0.3, -0.25) is 0 Å². The number of hydrogen-bond acceptors (Lipinski definition) is 5. The van der Waals surface area contributed by atoms with Crippen LogP contribution in [0.25, 0.3) is 0 Å². The van der Waals surface area contributed by atoms with Crippen molar-refractivity contribution in [2.75, 3.05) is 6.61 Å². The minimum atomic E-state index is -0.586. The van der Waals surface area contributed by atoms with Gasteiger partial charge in [0, 0.05) is 4.47 Å². The van der Waals surface area contributed by atoms with E-state index in [0.29, 0.717) is 5.75 Å². The minimum Gasteiger partial charge on any atom is -0.482 e. The molecule has 3 N–H and O–H groups in total.